The van der Waals surface area contributed by atoms with E-state index in [2.05, 4.69) is 19.9 Å². The molecular formula is C29H32F3N7OS. The van der Waals surface area contributed by atoms with Crippen molar-refractivity contribution in [3.63, 3.8) is 0 Å². The molecule has 3 aromatic rings. The molecule has 1 aromatic heterocycles. The van der Waals surface area contributed by atoms with Gasteiger partial charge in [0.05, 0.1) is 11.6 Å². The zero-order valence-electron chi connectivity index (χ0n) is 22.5. The smallest absolute Gasteiger partial charge is 0.354 e. The Hall–Kier alpha value is -3.63. The van der Waals surface area contributed by atoms with Crippen LogP contribution in [0.1, 0.15) is 33.6 Å². The molecule has 41 heavy (non-hydrogen) atoms. The molecule has 0 saturated carbocycles. The number of carbonyl (C=O) groups is 1. The fourth-order valence-corrected chi connectivity index (χ4v) is 5.16. The highest BCUT2D eigenvalue weighted by atomic mass is 32.2. The number of carbonyl (C=O) groups excluding carboxylic acids is 1. The number of aromatic nitrogens is 1. The van der Waals surface area contributed by atoms with Crippen molar-refractivity contribution in [3.05, 3.63) is 83.0 Å². The second-order valence-corrected chi connectivity index (χ2v) is 10.7. The van der Waals surface area contributed by atoms with E-state index in [1.165, 1.54) is 6.07 Å². The Morgan fingerprint density at radius 1 is 1.02 bits per heavy atom. The van der Waals surface area contributed by atoms with Crippen molar-refractivity contribution in [1.82, 2.24) is 14.6 Å². The first-order chi connectivity index (χ1) is 19.7. The second kappa shape index (κ2) is 14.3. The summed E-state index contributed by atoms with van der Waals surface area (Å²) in [6, 6.07) is 19.0. The largest absolute Gasteiger partial charge is 0.433 e. The van der Waals surface area contributed by atoms with Gasteiger partial charge in [0, 0.05) is 42.3 Å². The van der Waals surface area contributed by atoms with E-state index in [1.54, 1.807) is 22.9 Å². The lowest BCUT2D eigenvalue weighted by molar-refractivity contribution is -0.141. The number of pyridine rings is 1. The fraction of sp³-hybridized carbons (Fsp3) is 0.345. The Morgan fingerprint density at radius 3 is 2.37 bits per heavy atom. The maximum atomic E-state index is 13.2. The Morgan fingerprint density at radius 2 is 1.73 bits per heavy atom. The molecule has 0 aliphatic carbocycles. The molecule has 1 fully saturated rings. The SMILES string of the molecule is N#Cc1cc(N2CCN(Sc3ccc(NC(=O)c4ccc(CCNCCCN)cc4)cc3)CC2)nc(C(F)(F)F)c1. The number of nitrogens with zero attached hydrogens (tertiary/aromatic N) is 4. The van der Waals surface area contributed by atoms with Gasteiger partial charge in [-0.3, -0.25) is 4.79 Å². The van der Waals surface area contributed by atoms with Crippen molar-refractivity contribution in [2.24, 2.45) is 5.73 Å². The van der Waals surface area contributed by atoms with Crippen molar-refractivity contribution < 1.29 is 18.0 Å². The standard InChI is InChI=1S/C29H32F3N7OS/c30-29(31,32)26-18-22(20-34)19-27(37-26)38-14-16-39(17-15-38)41-25-8-6-24(7-9-25)36-28(40)23-4-2-21(3-5-23)10-13-35-12-1-11-33/h2-9,18-19,35H,1,10-17,33H2,(H,36,40). The number of anilines is 2. The van der Waals surface area contributed by atoms with Crippen LogP contribution in [0.4, 0.5) is 24.7 Å². The van der Waals surface area contributed by atoms with E-state index in [-0.39, 0.29) is 17.3 Å². The minimum Gasteiger partial charge on any atom is -0.354 e. The lowest BCUT2D eigenvalue weighted by Gasteiger charge is -2.34. The molecule has 216 valence electrons. The average molecular weight is 584 g/mol. The highest BCUT2D eigenvalue weighted by molar-refractivity contribution is 7.97. The van der Waals surface area contributed by atoms with Gasteiger partial charge in [-0.1, -0.05) is 12.1 Å². The lowest BCUT2D eigenvalue weighted by Crippen LogP contribution is -2.44. The van der Waals surface area contributed by atoms with Crippen LogP contribution in [0, 0.1) is 11.3 Å². The molecular weight excluding hydrogens is 551 g/mol. The first kappa shape index (κ1) is 30.3. The summed E-state index contributed by atoms with van der Waals surface area (Å²) < 4.78 is 41.7. The second-order valence-electron chi connectivity index (χ2n) is 9.53. The van der Waals surface area contributed by atoms with Crippen molar-refractivity contribution in [1.29, 1.82) is 5.26 Å². The van der Waals surface area contributed by atoms with Crippen LogP contribution >= 0.6 is 11.9 Å². The maximum absolute atomic E-state index is 13.2. The molecule has 1 amide bonds. The summed E-state index contributed by atoms with van der Waals surface area (Å²) in [4.78, 5) is 19.2. The topological polar surface area (TPSA) is 110 Å². The first-order valence-corrected chi connectivity index (χ1v) is 14.1. The summed E-state index contributed by atoms with van der Waals surface area (Å²) >= 11 is 1.54. The number of halogens is 3. The fourth-order valence-electron chi connectivity index (χ4n) is 4.26. The molecule has 0 bridgehead atoms. The van der Waals surface area contributed by atoms with Crippen LogP contribution < -0.4 is 21.3 Å². The summed E-state index contributed by atoms with van der Waals surface area (Å²) in [6.45, 7) is 4.59. The monoisotopic (exact) mass is 583 g/mol. The Bertz CT molecular complexity index is 1340. The molecule has 12 heteroatoms. The molecule has 0 atom stereocenters. The van der Waals surface area contributed by atoms with Crippen molar-refractivity contribution in [2.45, 2.75) is 23.9 Å². The number of rotatable bonds is 11. The van der Waals surface area contributed by atoms with Crippen LogP contribution in [0.2, 0.25) is 0 Å². The highest BCUT2D eigenvalue weighted by Crippen LogP contribution is 2.31. The number of benzene rings is 2. The Labute approximate surface area is 241 Å². The Balaban J connectivity index is 1.25. The van der Waals surface area contributed by atoms with Crippen LogP contribution in [-0.4, -0.2) is 61.0 Å². The maximum Gasteiger partial charge on any atom is 0.433 e. The third-order valence-corrected chi connectivity index (χ3v) is 7.61. The van der Waals surface area contributed by atoms with Gasteiger partial charge in [-0.05, 0) is 98.5 Å². The minimum atomic E-state index is -4.61. The first-order valence-electron chi connectivity index (χ1n) is 13.3. The van der Waals surface area contributed by atoms with Gasteiger partial charge >= 0.3 is 6.18 Å². The molecule has 4 rings (SSSR count). The minimum absolute atomic E-state index is 0.0643. The highest BCUT2D eigenvalue weighted by Gasteiger charge is 2.34. The van der Waals surface area contributed by atoms with Gasteiger partial charge in [0.2, 0.25) is 0 Å². The molecule has 4 N–H and O–H groups in total. The van der Waals surface area contributed by atoms with Crippen molar-refractivity contribution in [2.75, 3.05) is 56.0 Å². The van der Waals surface area contributed by atoms with E-state index < -0.39 is 11.9 Å². The third kappa shape index (κ3) is 8.93. The van der Waals surface area contributed by atoms with E-state index in [4.69, 9.17) is 11.0 Å². The molecule has 0 unspecified atom stereocenters. The third-order valence-electron chi connectivity index (χ3n) is 6.50. The summed E-state index contributed by atoms with van der Waals surface area (Å²) in [5, 5.41) is 15.4. The number of piperazine rings is 1. The lowest BCUT2D eigenvalue weighted by atomic mass is 10.1. The summed E-state index contributed by atoms with van der Waals surface area (Å²) in [5.41, 5.74) is 6.79. The predicted octanol–water partition coefficient (Wildman–Crippen LogP) is 4.53. The number of alkyl halides is 3. The molecule has 1 saturated heterocycles. The molecule has 2 aromatic carbocycles. The number of hydrogen-bond donors (Lipinski definition) is 3. The van der Waals surface area contributed by atoms with Crippen LogP contribution in [0.5, 0.6) is 0 Å². The van der Waals surface area contributed by atoms with Crippen molar-refractivity contribution in [3.8, 4) is 6.07 Å². The molecule has 2 heterocycles. The van der Waals surface area contributed by atoms with E-state index in [0.29, 0.717) is 44.0 Å². The predicted molar refractivity (Wildman–Crippen MR) is 155 cm³/mol. The number of nitrogens with one attached hydrogen (secondary N) is 2. The quantitative estimate of drug-likeness (QED) is 0.223. The molecule has 1 aliphatic heterocycles. The van der Waals surface area contributed by atoms with Crippen LogP contribution in [-0.2, 0) is 12.6 Å². The van der Waals surface area contributed by atoms with Gasteiger partial charge in [0.15, 0.2) is 0 Å². The number of nitriles is 1. The molecule has 1 aliphatic rings. The summed E-state index contributed by atoms with van der Waals surface area (Å²) in [6.07, 6.45) is -2.78. The van der Waals surface area contributed by atoms with Gasteiger partial charge in [-0.2, -0.15) is 18.4 Å². The van der Waals surface area contributed by atoms with E-state index >= 15 is 0 Å². The van der Waals surface area contributed by atoms with Crippen molar-refractivity contribution >= 4 is 29.4 Å². The van der Waals surface area contributed by atoms with Gasteiger partial charge in [-0.25, -0.2) is 9.29 Å². The molecule has 0 radical (unpaired) electrons. The summed E-state index contributed by atoms with van der Waals surface area (Å²) in [5.74, 6) is -0.0250. The normalized spacial score (nSPS) is 14.1. The van der Waals surface area contributed by atoms with Gasteiger partial charge in [0.25, 0.3) is 5.91 Å². The van der Waals surface area contributed by atoms with Gasteiger partial charge in [0.1, 0.15) is 11.5 Å². The number of hydrogen-bond acceptors (Lipinski definition) is 8. The summed E-state index contributed by atoms with van der Waals surface area (Å²) in [7, 11) is 0. The zero-order valence-corrected chi connectivity index (χ0v) is 23.3. The van der Waals surface area contributed by atoms with Crippen LogP contribution in [0.3, 0.4) is 0 Å². The van der Waals surface area contributed by atoms with Gasteiger partial charge < -0.3 is 21.3 Å². The van der Waals surface area contributed by atoms with Crippen LogP contribution in [0.15, 0.2) is 65.6 Å². The average Bonchev–Trinajstić information content (AvgIpc) is 2.98. The molecule has 0 spiro atoms. The Kier molecular flexibility index (Phi) is 10.6. The van der Waals surface area contributed by atoms with E-state index in [1.807, 2.05) is 48.5 Å². The van der Waals surface area contributed by atoms with E-state index in [9.17, 15) is 18.0 Å². The number of nitrogens with two attached hydrogens (primary N) is 1. The molecule has 8 nitrogen and oxygen atoms in total. The van der Waals surface area contributed by atoms with Gasteiger partial charge in [-0.15, -0.1) is 0 Å². The zero-order chi connectivity index (χ0) is 29.2. The van der Waals surface area contributed by atoms with Crippen LogP contribution in [0.25, 0.3) is 0 Å². The van der Waals surface area contributed by atoms with E-state index in [0.717, 1.165) is 42.5 Å². The number of amides is 1.